The minimum absolute atomic E-state index is 0.105. The van der Waals surface area contributed by atoms with Crippen molar-refractivity contribution in [2.24, 2.45) is 0 Å². The van der Waals surface area contributed by atoms with Gasteiger partial charge in [0, 0.05) is 49.0 Å². The monoisotopic (exact) mass is 960 g/mol. The first-order valence-corrected chi connectivity index (χ1v) is 25.7. The Kier molecular flexibility index (Phi) is 9.09. The molecule has 4 heterocycles. The summed E-state index contributed by atoms with van der Waals surface area (Å²) in [6.45, 7) is 0. The van der Waals surface area contributed by atoms with Crippen molar-refractivity contribution in [3.05, 3.63) is 254 Å². The standard InChI is InChI=1S/C70H44N2O3/c1-2-14-43(15-3-1)44-30-35-49(36-31-44)71-59-37-33-46(41-57(59)67-51-19-5-4-16-45(51)32-38-61(67)71)47-34-39-65-58(42-47)68-60(25-13-29-66(68)73-65)72(62-26-12-24-56-54-21-7-9-28-64(54)75-70(56)62)50-18-10-17-48(40-50)52-22-11-23-55-53-20-6-8-27-63(53)74-69(52)55/h1-17,19-42,50H,18H2. The van der Waals surface area contributed by atoms with Crippen molar-refractivity contribution in [3.8, 4) is 27.9 Å². The zero-order chi connectivity index (χ0) is 49.1. The highest BCUT2D eigenvalue weighted by atomic mass is 16.3. The maximum atomic E-state index is 6.86. The van der Waals surface area contributed by atoms with Gasteiger partial charge in [0.25, 0.3) is 0 Å². The first-order chi connectivity index (χ1) is 37.2. The van der Waals surface area contributed by atoms with Crippen LogP contribution in [0, 0.1) is 0 Å². The van der Waals surface area contributed by atoms with Crippen LogP contribution < -0.4 is 4.90 Å². The SMILES string of the molecule is C1=CC(c2cccc3c2oc2ccccc23)=CC(N(c2cccc3c2oc2ccccc23)c2cccc3oc4ccc(-c5ccc6c(c5)c5c7ccccc7ccc5n6-c5ccc(-c6ccccc6)cc5)cc4c23)C1. The van der Waals surface area contributed by atoms with Crippen LogP contribution in [0.1, 0.15) is 12.0 Å². The number of anilines is 2. The minimum atomic E-state index is -0.105. The molecule has 1 atom stereocenters. The molecule has 5 heteroatoms. The molecular weight excluding hydrogens is 917 g/mol. The molecular formula is C70H44N2O3. The number of hydrogen-bond donors (Lipinski definition) is 0. The van der Waals surface area contributed by atoms with Crippen LogP contribution in [0.2, 0.25) is 0 Å². The van der Waals surface area contributed by atoms with Gasteiger partial charge in [-0.05, 0) is 118 Å². The highest BCUT2D eigenvalue weighted by Gasteiger charge is 2.29. The van der Waals surface area contributed by atoms with Crippen LogP contribution in [0.5, 0.6) is 0 Å². The van der Waals surface area contributed by atoms with Gasteiger partial charge in [0.05, 0.1) is 33.8 Å². The Morgan fingerprint density at radius 1 is 0.387 bits per heavy atom. The number of aromatic nitrogens is 1. The first kappa shape index (κ1) is 41.7. The lowest BCUT2D eigenvalue weighted by Gasteiger charge is -2.34. The van der Waals surface area contributed by atoms with Crippen molar-refractivity contribution in [2.45, 2.75) is 12.5 Å². The summed E-state index contributed by atoms with van der Waals surface area (Å²) in [6.07, 6.45) is 7.72. The molecule has 352 valence electrons. The van der Waals surface area contributed by atoms with Crippen LogP contribution in [0.25, 0.3) is 132 Å². The molecule has 15 aromatic rings. The lowest BCUT2D eigenvalue weighted by Crippen LogP contribution is -2.30. The summed E-state index contributed by atoms with van der Waals surface area (Å²) < 4.78 is 22.7. The lowest BCUT2D eigenvalue weighted by atomic mass is 9.93. The van der Waals surface area contributed by atoms with Crippen molar-refractivity contribution < 1.29 is 13.3 Å². The van der Waals surface area contributed by atoms with Gasteiger partial charge in [-0.2, -0.15) is 0 Å². The Morgan fingerprint density at radius 3 is 1.81 bits per heavy atom. The number of para-hydroxylation sites is 4. The third-order valence-corrected chi connectivity index (χ3v) is 15.7. The van der Waals surface area contributed by atoms with Gasteiger partial charge in [-0.1, -0.05) is 176 Å². The highest BCUT2D eigenvalue weighted by molar-refractivity contribution is 6.22. The number of fused-ring (bicyclic) bond motifs is 14. The Hall–Kier alpha value is -9.84. The largest absolute Gasteiger partial charge is 0.456 e. The molecule has 0 saturated heterocycles. The summed E-state index contributed by atoms with van der Waals surface area (Å²) in [4.78, 5) is 2.48. The lowest BCUT2D eigenvalue weighted by molar-refractivity contribution is 0.663. The van der Waals surface area contributed by atoms with E-state index >= 15 is 0 Å². The molecule has 0 spiro atoms. The van der Waals surface area contributed by atoms with Gasteiger partial charge >= 0.3 is 0 Å². The topological polar surface area (TPSA) is 47.6 Å². The fourth-order valence-electron chi connectivity index (χ4n) is 12.3. The van der Waals surface area contributed by atoms with E-state index in [2.05, 4.69) is 246 Å². The van der Waals surface area contributed by atoms with Crippen molar-refractivity contribution in [1.82, 2.24) is 4.57 Å². The Labute approximate surface area is 430 Å². The van der Waals surface area contributed by atoms with Crippen LogP contribution in [-0.4, -0.2) is 10.6 Å². The van der Waals surface area contributed by atoms with Gasteiger partial charge in [0.1, 0.15) is 27.9 Å². The Morgan fingerprint density at radius 2 is 0.987 bits per heavy atom. The molecule has 1 aliphatic carbocycles. The normalized spacial score (nSPS) is 14.0. The van der Waals surface area contributed by atoms with E-state index in [1.807, 2.05) is 12.1 Å². The summed E-state index contributed by atoms with van der Waals surface area (Å²) >= 11 is 0. The maximum Gasteiger partial charge on any atom is 0.159 e. The van der Waals surface area contributed by atoms with Crippen LogP contribution >= 0.6 is 0 Å². The number of rotatable bonds is 7. The van der Waals surface area contributed by atoms with Crippen LogP contribution in [0.3, 0.4) is 0 Å². The summed E-state index contributed by atoms with van der Waals surface area (Å²) in [7, 11) is 0. The second-order valence-electron chi connectivity index (χ2n) is 19.9. The van der Waals surface area contributed by atoms with E-state index in [0.717, 1.165) is 117 Å². The van der Waals surface area contributed by atoms with Crippen LogP contribution in [-0.2, 0) is 0 Å². The third-order valence-electron chi connectivity index (χ3n) is 15.7. The molecule has 16 rings (SSSR count). The highest BCUT2D eigenvalue weighted by Crippen LogP contribution is 2.47. The molecule has 0 aliphatic heterocycles. The number of allylic oxidation sites excluding steroid dienone is 2. The van der Waals surface area contributed by atoms with E-state index in [1.165, 1.54) is 38.2 Å². The molecule has 0 bridgehead atoms. The molecule has 0 fully saturated rings. The van der Waals surface area contributed by atoms with E-state index in [-0.39, 0.29) is 6.04 Å². The zero-order valence-corrected chi connectivity index (χ0v) is 40.6. The van der Waals surface area contributed by atoms with E-state index in [0.29, 0.717) is 0 Å². The molecule has 5 nitrogen and oxygen atoms in total. The molecule has 0 N–H and O–H groups in total. The van der Waals surface area contributed by atoms with E-state index in [9.17, 15) is 0 Å². The van der Waals surface area contributed by atoms with Gasteiger partial charge in [-0.3, -0.25) is 0 Å². The molecule has 11 aromatic carbocycles. The average molecular weight is 961 g/mol. The van der Waals surface area contributed by atoms with E-state index in [1.54, 1.807) is 0 Å². The van der Waals surface area contributed by atoms with Crippen LogP contribution in [0.15, 0.2) is 262 Å². The molecule has 0 radical (unpaired) electrons. The predicted octanol–water partition coefficient (Wildman–Crippen LogP) is 19.5. The number of benzene rings is 11. The average Bonchev–Trinajstić information content (AvgIpc) is 4.30. The van der Waals surface area contributed by atoms with Crippen molar-refractivity contribution >= 4 is 115 Å². The number of hydrogen-bond acceptors (Lipinski definition) is 4. The van der Waals surface area contributed by atoms with E-state index < -0.39 is 0 Å². The summed E-state index contributed by atoms with van der Waals surface area (Å²) in [5, 5.41) is 11.4. The molecule has 1 aliphatic rings. The summed E-state index contributed by atoms with van der Waals surface area (Å²) in [5.41, 5.74) is 17.5. The molecule has 1 unspecified atom stereocenters. The zero-order valence-electron chi connectivity index (χ0n) is 40.6. The fourth-order valence-corrected chi connectivity index (χ4v) is 12.3. The Balaban J connectivity index is 0.883. The predicted molar refractivity (Wildman–Crippen MR) is 312 cm³/mol. The summed E-state index contributed by atoms with van der Waals surface area (Å²) in [5.74, 6) is 0. The summed E-state index contributed by atoms with van der Waals surface area (Å²) in [6, 6.07) is 82.5. The van der Waals surface area contributed by atoms with Gasteiger partial charge in [-0.15, -0.1) is 0 Å². The molecule has 0 saturated carbocycles. The number of nitrogens with zero attached hydrogens (tertiary/aromatic N) is 2. The smallest absolute Gasteiger partial charge is 0.159 e. The second-order valence-corrected chi connectivity index (χ2v) is 19.9. The van der Waals surface area contributed by atoms with Crippen LogP contribution in [0.4, 0.5) is 11.4 Å². The third kappa shape index (κ3) is 6.44. The quantitative estimate of drug-likeness (QED) is 0.160. The fraction of sp³-hybridized carbons (Fsp3) is 0.0286. The molecule has 4 aromatic heterocycles. The van der Waals surface area contributed by atoms with Gasteiger partial charge in [0.15, 0.2) is 5.58 Å². The van der Waals surface area contributed by atoms with Crippen molar-refractivity contribution in [1.29, 1.82) is 0 Å². The van der Waals surface area contributed by atoms with Gasteiger partial charge in [-0.25, -0.2) is 0 Å². The number of furan rings is 3. The van der Waals surface area contributed by atoms with Crippen molar-refractivity contribution in [2.75, 3.05) is 4.90 Å². The van der Waals surface area contributed by atoms with E-state index in [4.69, 9.17) is 13.3 Å². The maximum absolute atomic E-state index is 6.86. The Bertz CT molecular complexity index is 4870. The molecule has 0 amide bonds. The van der Waals surface area contributed by atoms with Gasteiger partial charge < -0.3 is 22.7 Å². The second kappa shape index (κ2) is 16.3. The first-order valence-electron chi connectivity index (χ1n) is 25.7. The van der Waals surface area contributed by atoms with Crippen molar-refractivity contribution in [3.63, 3.8) is 0 Å². The minimum Gasteiger partial charge on any atom is -0.456 e. The molecule has 75 heavy (non-hydrogen) atoms. The van der Waals surface area contributed by atoms with Gasteiger partial charge in [0.2, 0.25) is 0 Å².